The smallest absolute Gasteiger partial charge is 0.329 e. The third kappa shape index (κ3) is 4.62. The number of nitrogens with zero attached hydrogens (tertiary/aromatic N) is 3. The number of rotatable bonds is 5. The van der Waals surface area contributed by atoms with Gasteiger partial charge < -0.3 is 25.0 Å². The van der Waals surface area contributed by atoms with Crippen LogP contribution in [0.3, 0.4) is 0 Å². The second-order valence-corrected chi connectivity index (χ2v) is 10.0. The molecule has 32 heavy (non-hydrogen) atoms. The number of carbonyl (C=O) groups is 2. The first-order valence-corrected chi connectivity index (χ1v) is 11.6. The fourth-order valence-corrected chi connectivity index (χ4v) is 5.22. The molecule has 8 heteroatoms. The van der Waals surface area contributed by atoms with Crippen LogP contribution in [0.2, 0.25) is 0 Å². The van der Waals surface area contributed by atoms with Gasteiger partial charge in [-0.2, -0.15) is 0 Å². The molecule has 2 fully saturated rings. The highest BCUT2D eigenvalue weighted by atomic mass is 16.5. The van der Waals surface area contributed by atoms with Crippen molar-refractivity contribution < 1.29 is 19.1 Å². The van der Waals surface area contributed by atoms with E-state index in [9.17, 15) is 9.59 Å². The maximum absolute atomic E-state index is 13.9. The quantitative estimate of drug-likeness (QED) is 0.694. The van der Waals surface area contributed by atoms with Crippen molar-refractivity contribution in [1.29, 1.82) is 0 Å². The molecule has 0 saturated carbocycles. The first-order valence-electron chi connectivity index (χ1n) is 11.6. The number of amides is 1. The van der Waals surface area contributed by atoms with Crippen molar-refractivity contribution in [2.45, 2.75) is 71.2 Å². The molecule has 1 aromatic rings. The Kier molecular flexibility index (Phi) is 7.45. The van der Waals surface area contributed by atoms with Crippen LogP contribution in [0.25, 0.3) is 0 Å². The van der Waals surface area contributed by atoms with E-state index in [1.165, 1.54) is 0 Å². The minimum atomic E-state index is -0.789. The zero-order valence-electron chi connectivity index (χ0n) is 20.2. The molecule has 1 aromatic heterocycles. The normalized spacial score (nSPS) is 28.5. The van der Waals surface area contributed by atoms with Crippen LogP contribution >= 0.6 is 0 Å². The van der Waals surface area contributed by atoms with Gasteiger partial charge in [0.05, 0.1) is 12.6 Å². The molecular formula is C24H38N4O4. The monoisotopic (exact) mass is 446 g/mol. The molecule has 3 rings (SSSR count). The highest BCUT2D eigenvalue weighted by molar-refractivity contribution is 5.89. The highest BCUT2D eigenvalue weighted by Gasteiger charge is 2.58. The van der Waals surface area contributed by atoms with Crippen molar-refractivity contribution in [3.63, 3.8) is 0 Å². The molecule has 2 N–H and O–H groups in total. The number of likely N-dealkylation sites (tertiary alicyclic amines) is 1. The molecule has 2 aliphatic rings. The van der Waals surface area contributed by atoms with Crippen molar-refractivity contribution in [3.05, 3.63) is 23.9 Å². The Hall–Kier alpha value is -2.19. The fraction of sp³-hybridized carbons (Fsp3) is 0.708. The Morgan fingerprint density at radius 3 is 2.59 bits per heavy atom. The van der Waals surface area contributed by atoms with Crippen LogP contribution in [0.4, 0.5) is 5.82 Å². The van der Waals surface area contributed by atoms with Gasteiger partial charge in [0.1, 0.15) is 18.0 Å². The van der Waals surface area contributed by atoms with E-state index < -0.39 is 30.2 Å². The Labute approximate surface area is 191 Å². The number of hydrogen-bond donors (Lipinski definition) is 1. The summed E-state index contributed by atoms with van der Waals surface area (Å²) in [5.74, 6) is -0.171. The molecule has 0 bridgehead atoms. The summed E-state index contributed by atoms with van der Waals surface area (Å²) >= 11 is 0. The topological polar surface area (TPSA) is 98.0 Å². The Bertz CT molecular complexity index is 816. The van der Waals surface area contributed by atoms with Gasteiger partial charge in [-0.05, 0) is 37.7 Å². The fourth-order valence-electron chi connectivity index (χ4n) is 5.22. The first kappa shape index (κ1) is 24.5. The number of hydrogen-bond acceptors (Lipinski definition) is 7. The maximum atomic E-state index is 13.9. The summed E-state index contributed by atoms with van der Waals surface area (Å²) in [7, 11) is 3.82. The van der Waals surface area contributed by atoms with Gasteiger partial charge in [-0.3, -0.25) is 4.79 Å². The van der Waals surface area contributed by atoms with E-state index in [1.807, 2.05) is 31.1 Å². The van der Waals surface area contributed by atoms with Gasteiger partial charge in [-0.15, -0.1) is 0 Å². The molecule has 2 saturated heterocycles. The van der Waals surface area contributed by atoms with Crippen LogP contribution in [-0.4, -0.2) is 67.3 Å². The first-order chi connectivity index (χ1) is 15.1. The molecule has 1 amide bonds. The van der Waals surface area contributed by atoms with Gasteiger partial charge in [0, 0.05) is 44.4 Å². The summed E-state index contributed by atoms with van der Waals surface area (Å²) in [5, 5.41) is 0. The predicted octanol–water partition coefficient (Wildman–Crippen LogP) is 2.52. The van der Waals surface area contributed by atoms with E-state index in [1.54, 1.807) is 18.0 Å². The number of pyridine rings is 1. The number of esters is 1. The van der Waals surface area contributed by atoms with Gasteiger partial charge in [0.2, 0.25) is 0 Å². The second-order valence-electron chi connectivity index (χ2n) is 10.0. The maximum Gasteiger partial charge on any atom is 0.329 e. The molecule has 3 heterocycles. The average molecular weight is 447 g/mol. The highest BCUT2D eigenvalue weighted by Crippen LogP contribution is 2.49. The number of carbonyl (C=O) groups excluding carboxylic acids is 2. The summed E-state index contributed by atoms with van der Waals surface area (Å²) in [6.07, 6.45) is 3.64. The zero-order valence-corrected chi connectivity index (χ0v) is 20.2. The van der Waals surface area contributed by atoms with Crippen LogP contribution in [0, 0.1) is 11.3 Å². The molecule has 178 valence electrons. The van der Waals surface area contributed by atoms with Crippen LogP contribution in [-0.2, 0) is 19.1 Å². The van der Waals surface area contributed by atoms with E-state index in [4.69, 9.17) is 15.2 Å². The minimum absolute atomic E-state index is 0.191. The lowest BCUT2D eigenvalue weighted by molar-refractivity contribution is -0.162. The zero-order chi connectivity index (χ0) is 23.6. The minimum Gasteiger partial charge on any atom is -0.464 e. The van der Waals surface area contributed by atoms with Crippen molar-refractivity contribution in [1.82, 2.24) is 9.88 Å². The van der Waals surface area contributed by atoms with Crippen LogP contribution in [0.5, 0.6) is 0 Å². The van der Waals surface area contributed by atoms with Crippen LogP contribution in [0.15, 0.2) is 18.3 Å². The summed E-state index contributed by atoms with van der Waals surface area (Å²) in [5.41, 5.74) is 7.40. The molecular weight excluding hydrogens is 408 g/mol. The molecule has 0 radical (unpaired) electrons. The Morgan fingerprint density at radius 1 is 1.31 bits per heavy atom. The summed E-state index contributed by atoms with van der Waals surface area (Å²) < 4.78 is 11.3. The third-order valence-corrected chi connectivity index (χ3v) is 6.52. The van der Waals surface area contributed by atoms with Crippen molar-refractivity contribution in [2.24, 2.45) is 17.1 Å². The average Bonchev–Trinajstić information content (AvgIpc) is 3.07. The second kappa shape index (κ2) is 9.75. The van der Waals surface area contributed by atoms with Gasteiger partial charge in [0.25, 0.3) is 5.91 Å². The van der Waals surface area contributed by atoms with Gasteiger partial charge >= 0.3 is 5.97 Å². The SMILES string of the molecule is CCOC(=O)[C@@H]1[C@@H](C(C)(C)C)[C@H](N)[C@H](c2cccnc2N(C)C)N1C(=O)C1CCCCO1. The van der Waals surface area contributed by atoms with E-state index in [2.05, 4.69) is 25.8 Å². The van der Waals surface area contributed by atoms with E-state index in [0.717, 1.165) is 24.2 Å². The van der Waals surface area contributed by atoms with Gasteiger partial charge in [0.15, 0.2) is 0 Å². The molecule has 2 aliphatic heterocycles. The lowest BCUT2D eigenvalue weighted by atomic mass is 9.73. The Balaban J connectivity index is 2.17. The third-order valence-electron chi connectivity index (χ3n) is 6.52. The van der Waals surface area contributed by atoms with E-state index >= 15 is 0 Å². The van der Waals surface area contributed by atoms with Gasteiger partial charge in [-0.1, -0.05) is 26.8 Å². The molecule has 0 aliphatic carbocycles. The molecule has 0 spiro atoms. The van der Waals surface area contributed by atoms with Crippen LogP contribution in [0.1, 0.15) is 58.6 Å². The standard InChI is InChI=1S/C24H38N4O4/c1-7-31-23(30)20-17(24(2,3)4)18(25)19(15-11-10-13-26-21(15)27(5)6)28(20)22(29)16-12-8-9-14-32-16/h10-11,13,16-20H,7-9,12,14,25H2,1-6H3/t16?,17-,18-,19-,20-/m0/s1. The van der Waals surface area contributed by atoms with Crippen LogP contribution < -0.4 is 10.6 Å². The van der Waals surface area contributed by atoms with E-state index in [-0.39, 0.29) is 23.8 Å². The molecule has 1 unspecified atom stereocenters. The Morgan fingerprint density at radius 2 is 2.03 bits per heavy atom. The molecule has 5 atom stereocenters. The van der Waals surface area contributed by atoms with Crippen molar-refractivity contribution in [2.75, 3.05) is 32.2 Å². The largest absolute Gasteiger partial charge is 0.464 e. The van der Waals surface area contributed by atoms with Crippen molar-refractivity contribution in [3.8, 4) is 0 Å². The number of aromatic nitrogens is 1. The number of anilines is 1. The van der Waals surface area contributed by atoms with Crippen molar-refractivity contribution >= 4 is 17.7 Å². The summed E-state index contributed by atoms with van der Waals surface area (Å²) in [4.78, 5) is 35.3. The molecule has 0 aromatic carbocycles. The summed E-state index contributed by atoms with van der Waals surface area (Å²) in [6.45, 7) is 8.73. The predicted molar refractivity (Wildman–Crippen MR) is 123 cm³/mol. The molecule has 8 nitrogen and oxygen atoms in total. The number of nitrogens with two attached hydrogens (primary N) is 1. The lowest BCUT2D eigenvalue weighted by Crippen LogP contribution is -2.51. The number of ether oxygens (including phenoxy) is 2. The van der Waals surface area contributed by atoms with Gasteiger partial charge in [-0.25, -0.2) is 9.78 Å². The van der Waals surface area contributed by atoms with E-state index in [0.29, 0.717) is 13.0 Å². The summed E-state index contributed by atoms with van der Waals surface area (Å²) in [6, 6.07) is 2.02. The lowest BCUT2D eigenvalue weighted by Gasteiger charge is -2.36.